The Hall–Kier alpha value is -1.10. The van der Waals surface area contributed by atoms with Crippen LogP contribution >= 0.6 is 0 Å². The van der Waals surface area contributed by atoms with E-state index in [0.717, 1.165) is 18.6 Å². The van der Waals surface area contributed by atoms with E-state index in [1.54, 1.807) is 0 Å². The maximum Gasteiger partial charge on any atom is 0.175 e. The lowest BCUT2D eigenvalue weighted by Crippen LogP contribution is -2.23. The molecule has 0 amide bonds. The molecule has 1 fully saturated rings. The minimum atomic E-state index is -3.30. The molecule has 0 aliphatic heterocycles. The summed E-state index contributed by atoms with van der Waals surface area (Å²) in [5.74, 6) is 0.316. The van der Waals surface area contributed by atoms with Crippen LogP contribution in [0.5, 0.6) is 0 Å². The summed E-state index contributed by atoms with van der Waals surface area (Å²) in [5.41, 5.74) is 0.273. The van der Waals surface area contributed by atoms with Crippen LogP contribution in [-0.2, 0) is 9.84 Å². The number of sulfone groups is 1. The highest BCUT2D eigenvalue weighted by atomic mass is 32.2. The van der Waals surface area contributed by atoms with Crippen molar-refractivity contribution in [3.63, 3.8) is 0 Å². The number of halogens is 1. The lowest BCUT2D eigenvalue weighted by atomic mass is 9.81. The summed E-state index contributed by atoms with van der Waals surface area (Å²) in [6, 6.07) is 4.03. The zero-order valence-electron chi connectivity index (χ0n) is 11.3. The fourth-order valence-corrected chi connectivity index (χ4v) is 3.05. The minimum absolute atomic E-state index is 0.146. The molecule has 0 saturated heterocycles. The maximum atomic E-state index is 13.7. The first kappa shape index (κ1) is 14.3. The monoisotopic (exact) mass is 285 g/mol. The molecule has 0 spiro atoms. The topological polar surface area (TPSA) is 46.2 Å². The summed E-state index contributed by atoms with van der Waals surface area (Å²) in [6.07, 6.45) is 5.91. The van der Waals surface area contributed by atoms with Gasteiger partial charge in [0.25, 0.3) is 0 Å². The molecule has 5 heteroatoms. The molecule has 1 aliphatic rings. The van der Waals surface area contributed by atoms with Crippen molar-refractivity contribution in [3.05, 3.63) is 24.0 Å². The molecule has 2 rings (SSSR count). The fraction of sp³-hybridized carbons (Fsp3) is 0.571. The van der Waals surface area contributed by atoms with Crippen LogP contribution in [0.4, 0.5) is 10.1 Å². The number of hydrogen-bond acceptors (Lipinski definition) is 3. The predicted molar refractivity (Wildman–Crippen MR) is 74.6 cm³/mol. The molecule has 0 aromatic heterocycles. The lowest BCUT2D eigenvalue weighted by molar-refractivity contribution is 0.285. The van der Waals surface area contributed by atoms with E-state index in [4.69, 9.17) is 0 Å². The Morgan fingerprint density at radius 2 is 2.11 bits per heavy atom. The van der Waals surface area contributed by atoms with Gasteiger partial charge in [-0.2, -0.15) is 0 Å². The number of anilines is 1. The summed E-state index contributed by atoms with van der Waals surface area (Å²) >= 11 is 0. The third-order valence-electron chi connectivity index (χ3n) is 3.68. The highest BCUT2D eigenvalue weighted by Crippen LogP contribution is 2.31. The predicted octanol–water partition coefficient (Wildman–Crippen LogP) is 3.22. The molecule has 19 heavy (non-hydrogen) atoms. The Morgan fingerprint density at radius 1 is 1.42 bits per heavy atom. The second-order valence-corrected chi connectivity index (χ2v) is 7.51. The van der Waals surface area contributed by atoms with Gasteiger partial charge in [-0.25, -0.2) is 12.8 Å². The van der Waals surface area contributed by atoms with E-state index in [1.165, 1.54) is 37.5 Å². The van der Waals surface area contributed by atoms with Crippen molar-refractivity contribution in [1.82, 2.24) is 0 Å². The van der Waals surface area contributed by atoms with Gasteiger partial charge in [0.15, 0.2) is 9.84 Å². The van der Waals surface area contributed by atoms with E-state index >= 15 is 0 Å². The van der Waals surface area contributed by atoms with Gasteiger partial charge >= 0.3 is 0 Å². The van der Waals surface area contributed by atoms with Crippen molar-refractivity contribution in [2.75, 3.05) is 11.6 Å². The second kappa shape index (κ2) is 5.49. The van der Waals surface area contributed by atoms with Gasteiger partial charge in [-0.3, -0.25) is 0 Å². The quantitative estimate of drug-likeness (QED) is 0.845. The van der Waals surface area contributed by atoms with Gasteiger partial charge in [0.1, 0.15) is 5.82 Å². The van der Waals surface area contributed by atoms with E-state index in [-0.39, 0.29) is 16.6 Å². The first-order valence-corrected chi connectivity index (χ1v) is 8.51. The molecular weight excluding hydrogens is 265 g/mol. The van der Waals surface area contributed by atoms with E-state index < -0.39 is 15.7 Å². The van der Waals surface area contributed by atoms with Crippen molar-refractivity contribution in [2.45, 2.75) is 43.5 Å². The number of nitrogens with one attached hydrogen (secondary N) is 1. The molecule has 1 N–H and O–H groups in total. The van der Waals surface area contributed by atoms with E-state index in [2.05, 4.69) is 5.32 Å². The molecule has 0 radical (unpaired) electrons. The highest BCUT2D eigenvalue weighted by molar-refractivity contribution is 7.90. The summed E-state index contributed by atoms with van der Waals surface area (Å²) in [4.78, 5) is 0.146. The first-order valence-electron chi connectivity index (χ1n) is 6.62. The summed E-state index contributed by atoms with van der Waals surface area (Å²) < 4.78 is 36.6. The van der Waals surface area contributed by atoms with E-state index in [1.807, 2.05) is 6.92 Å². The smallest absolute Gasteiger partial charge is 0.175 e. The molecule has 1 unspecified atom stereocenters. The Labute approximate surface area is 114 Å². The summed E-state index contributed by atoms with van der Waals surface area (Å²) in [7, 11) is -3.30. The van der Waals surface area contributed by atoms with Crippen LogP contribution in [0.3, 0.4) is 0 Å². The molecule has 106 valence electrons. The van der Waals surface area contributed by atoms with Gasteiger partial charge in [0, 0.05) is 12.3 Å². The van der Waals surface area contributed by atoms with Crippen molar-refractivity contribution >= 4 is 15.5 Å². The number of rotatable bonds is 5. The van der Waals surface area contributed by atoms with Crippen molar-refractivity contribution in [2.24, 2.45) is 5.92 Å². The normalized spacial score (nSPS) is 17.8. The zero-order valence-corrected chi connectivity index (χ0v) is 12.1. The number of hydrogen-bond donors (Lipinski definition) is 1. The average Bonchev–Trinajstić information content (AvgIpc) is 2.25. The van der Waals surface area contributed by atoms with Crippen LogP contribution in [-0.4, -0.2) is 20.7 Å². The molecule has 3 nitrogen and oxygen atoms in total. The van der Waals surface area contributed by atoms with Crippen LogP contribution in [0.25, 0.3) is 0 Å². The first-order chi connectivity index (χ1) is 8.86. The largest absolute Gasteiger partial charge is 0.380 e. The summed E-state index contributed by atoms with van der Waals surface area (Å²) in [5, 5.41) is 3.08. The van der Waals surface area contributed by atoms with Gasteiger partial charge in [-0.15, -0.1) is 0 Å². The molecule has 0 heterocycles. The molecule has 0 bridgehead atoms. The molecule has 1 aromatic carbocycles. The molecule has 1 saturated carbocycles. The van der Waals surface area contributed by atoms with Crippen LogP contribution in [0.15, 0.2) is 23.1 Å². The Morgan fingerprint density at radius 3 is 2.63 bits per heavy atom. The van der Waals surface area contributed by atoms with Crippen LogP contribution in [0.1, 0.15) is 32.6 Å². The third kappa shape index (κ3) is 3.69. The van der Waals surface area contributed by atoms with Crippen molar-refractivity contribution < 1.29 is 12.8 Å². The van der Waals surface area contributed by atoms with E-state index in [9.17, 15) is 12.8 Å². The summed E-state index contributed by atoms with van der Waals surface area (Å²) in [6.45, 7) is 2.00. The van der Waals surface area contributed by atoms with Crippen LogP contribution in [0.2, 0.25) is 0 Å². The third-order valence-corrected chi connectivity index (χ3v) is 4.79. The van der Waals surface area contributed by atoms with Gasteiger partial charge in [-0.05, 0) is 37.5 Å². The molecule has 1 atom stereocenters. The van der Waals surface area contributed by atoms with Crippen LogP contribution < -0.4 is 5.32 Å². The Bertz CT molecular complexity index is 553. The standard InChI is InChI=1S/C14H20FNO2S/c1-10(8-11-4-3-5-11)16-14-9-12(19(2,17)18)6-7-13(14)15/h6-7,9-11,16H,3-5,8H2,1-2H3. The minimum Gasteiger partial charge on any atom is -0.380 e. The van der Waals surface area contributed by atoms with Crippen molar-refractivity contribution in [3.8, 4) is 0 Å². The molecule has 1 aliphatic carbocycles. The second-order valence-electron chi connectivity index (χ2n) is 5.49. The Balaban J connectivity index is 2.09. The van der Waals surface area contributed by atoms with Crippen molar-refractivity contribution in [1.29, 1.82) is 0 Å². The number of benzene rings is 1. The highest BCUT2D eigenvalue weighted by Gasteiger charge is 2.20. The van der Waals surface area contributed by atoms with Gasteiger partial charge in [0.2, 0.25) is 0 Å². The lowest BCUT2D eigenvalue weighted by Gasteiger charge is -2.29. The van der Waals surface area contributed by atoms with E-state index in [0.29, 0.717) is 0 Å². The maximum absolute atomic E-state index is 13.7. The van der Waals surface area contributed by atoms with Gasteiger partial charge < -0.3 is 5.32 Å². The molecular formula is C14H20FNO2S. The Kier molecular flexibility index (Phi) is 4.13. The van der Waals surface area contributed by atoms with Gasteiger partial charge in [0.05, 0.1) is 10.6 Å². The average molecular weight is 285 g/mol. The van der Waals surface area contributed by atoms with Gasteiger partial charge in [-0.1, -0.05) is 19.3 Å². The SMILES string of the molecule is CC(CC1CCC1)Nc1cc(S(C)(=O)=O)ccc1F. The zero-order chi connectivity index (χ0) is 14.0. The molecule has 1 aromatic rings. The fourth-order valence-electron chi connectivity index (χ4n) is 2.40. The van der Waals surface area contributed by atoms with Crippen LogP contribution in [0, 0.1) is 11.7 Å².